The van der Waals surface area contributed by atoms with Crippen molar-refractivity contribution >= 4 is 5.97 Å². The van der Waals surface area contributed by atoms with Gasteiger partial charge in [-0.2, -0.15) is 0 Å². The van der Waals surface area contributed by atoms with Gasteiger partial charge >= 0.3 is 5.97 Å². The number of fused-ring (bicyclic) bond motifs is 1. The molecular formula is C12H12F2O2. The lowest BCUT2D eigenvalue weighted by Gasteiger charge is -2.23. The van der Waals surface area contributed by atoms with Crippen molar-refractivity contribution in [1.29, 1.82) is 0 Å². The van der Waals surface area contributed by atoms with Crippen LogP contribution in [0.25, 0.3) is 0 Å². The van der Waals surface area contributed by atoms with Crippen molar-refractivity contribution in [3.8, 4) is 0 Å². The molecule has 2 rings (SSSR count). The minimum absolute atomic E-state index is 0.228. The molecule has 1 aliphatic rings. The Bertz CT molecular complexity index is 429. The highest BCUT2D eigenvalue weighted by Crippen LogP contribution is 2.29. The molecule has 0 fully saturated rings. The number of hydrogen-bond acceptors (Lipinski definition) is 2. The van der Waals surface area contributed by atoms with Gasteiger partial charge in [0.05, 0.1) is 13.0 Å². The van der Waals surface area contributed by atoms with Crippen molar-refractivity contribution in [2.24, 2.45) is 5.92 Å². The Morgan fingerprint density at radius 2 is 2.19 bits per heavy atom. The second kappa shape index (κ2) is 4.20. The van der Waals surface area contributed by atoms with Crippen LogP contribution in [0.3, 0.4) is 0 Å². The summed E-state index contributed by atoms with van der Waals surface area (Å²) < 4.78 is 31.1. The summed E-state index contributed by atoms with van der Waals surface area (Å²) in [4.78, 5) is 11.3. The monoisotopic (exact) mass is 226 g/mol. The number of aryl methyl sites for hydroxylation is 1. The molecule has 1 aliphatic carbocycles. The van der Waals surface area contributed by atoms with Crippen LogP contribution in [0, 0.1) is 17.6 Å². The molecule has 0 spiro atoms. The molecule has 4 heteroatoms. The van der Waals surface area contributed by atoms with Crippen LogP contribution in [-0.4, -0.2) is 13.1 Å². The van der Waals surface area contributed by atoms with Crippen LogP contribution in [0.4, 0.5) is 8.78 Å². The van der Waals surface area contributed by atoms with Crippen molar-refractivity contribution in [2.45, 2.75) is 19.3 Å². The Balaban J connectivity index is 2.32. The number of carbonyl (C=O) groups excluding carboxylic acids is 1. The van der Waals surface area contributed by atoms with Gasteiger partial charge < -0.3 is 4.74 Å². The second-order valence-corrected chi connectivity index (χ2v) is 3.96. The van der Waals surface area contributed by atoms with Crippen LogP contribution in [0.15, 0.2) is 12.1 Å². The smallest absolute Gasteiger partial charge is 0.309 e. The number of rotatable bonds is 1. The summed E-state index contributed by atoms with van der Waals surface area (Å²) in [6, 6.07) is 2.72. The molecule has 16 heavy (non-hydrogen) atoms. The topological polar surface area (TPSA) is 26.3 Å². The van der Waals surface area contributed by atoms with Gasteiger partial charge in [0.15, 0.2) is 11.6 Å². The van der Waals surface area contributed by atoms with Gasteiger partial charge in [-0.1, -0.05) is 6.07 Å². The first kappa shape index (κ1) is 11.0. The number of ether oxygens (including phenoxy) is 1. The molecule has 0 N–H and O–H groups in total. The summed E-state index contributed by atoms with van der Waals surface area (Å²) in [6.07, 6.45) is 1.45. The van der Waals surface area contributed by atoms with Crippen LogP contribution >= 0.6 is 0 Å². The zero-order valence-electron chi connectivity index (χ0n) is 8.93. The van der Waals surface area contributed by atoms with Crippen molar-refractivity contribution in [2.75, 3.05) is 7.11 Å². The fraction of sp³-hybridized carbons (Fsp3) is 0.417. The Kier molecular flexibility index (Phi) is 2.90. The van der Waals surface area contributed by atoms with Crippen LogP contribution < -0.4 is 0 Å². The lowest BCUT2D eigenvalue weighted by atomic mass is 9.83. The predicted octanol–water partition coefficient (Wildman–Crippen LogP) is 2.24. The molecule has 0 radical (unpaired) electrons. The van der Waals surface area contributed by atoms with E-state index in [0.717, 1.165) is 11.6 Å². The molecule has 0 heterocycles. The summed E-state index contributed by atoms with van der Waals surface area (Å²) in [6.45, 7) is 0. The van der Waals surface area contributed by atoms with E-state index in [1.807, 2.05) is 0 Å². The number of carbonyl (C=O) groups is 1. The van der Waals surface area contributed by atoms with E-state index in [0.29, 0.717) is 18.4 Å². The van der Waals surface area contributed by atoms with E-state index in [4.69, 9.17) is 0 Å². The van der Waals surface area contributed by atoms with Crippen LogP contribution in [0.1, 0.15) is 17.5 Å². The number of esters is 1. The molecule has 1 unspecified atom stereocenters. The highest BCUT2D eigenvalue weighted by Gasteiger charge is 2.28. The quantitative estimate of drug-likeness (QED) is 0.686. The third-order valence-corrected chi connectivity index (χ3v) is 3.04. The Labute approximate surface area is 92.2 Å². The van der Waals surface area contributed by atoms with E-state index < -0.39 is 11.6 Å². The van der Waals surface area contributed by atoms with Gasteiger partial charge in [-0.3, -0.25) is 4.79 Å². The van der Waals surface area contributed by atoms with Crippen LogP contribution in [0.5, 0.6) is 0 Å². The highest BCUT2D eigenvalue weighted by molar-refractivity contribution is 5.73. The van der Waals surface area contributed by atoms with Gasteiger partial charge in [0.1, 0.15) is 0 Å². The summed E-state index contributed by atoms with van der Waals surface area (Å²) in [5.74, 6) is -2.39. The molecule has 1 aromatic carbocycles. The maximum absolute atomic E-state index is 13.5. The molecule has 1 atom stereocenters. The first-order chi connectivity index (χ1) is 7.63. The number of halogens is 2. The summed E-state index contributed by atoms with van der Waals surface area (Å²) in [5.41, 5.74) is 1.11. The maximum Gasteiger partial charge on any atom is 0.309 e. The van der Waals surface area contributed by atoms with E-state index in [9.17, 15) is 13.6 Å². The largest absolute Gasteiger partial charge is 0.469 e. The van der Waals surface area contributed by atoms with Gasteiger partial charge in [-0.15, -0.1) is 0 Å². The first-order valence-corrected chi connectivity index (χ1v) is 5.17. The molecule has 0 amide bonds. The van der Waals surface area contributed by atoms with Crippen molar-refractivity contribution in [3.05, 3.63) is 34.9 Å². The molecule has 0 aliphatic heterocycles. The van der Waals surface area contributed by atoms with Crippen LogP contribution in [-0.2, 0) is 22.4 Å². The Morgan fingerprint density at radius 1 is 1.44 bits per heavy atom. The summed E-state index contributed by atoms with van der Waals surface area (Å²) >= 11 is 0. The SMILES string of the molecule is COC(=O)C1CCc2ccc(F)c(F)c2C1. The van der Waals surface area contributed by atoms with Gasteiger partial charge in [-0.05, 0) is 36.5 Å². The minimum atomic E-state index is -0.857. The molecule has 0 saturated heterocycles. The fourth-order valence-corrected chi connectivity index (χ4v) is 2.13. The molecule has 0 bridgehead atoms. The van der Waals surface area contributed by atoms with Gasteiger partial charge in [0.25, 0.3) is 0 Å². The highest BCUT2D eigenvalue weighted by atomic mass is 19.2. The maximum atomic E-state index is 13.5. The lowest BCUT2D eigenvalue weighted by Crippen LogP contribution is -2.24. The van der Waals surface area contributed by atoms with E-state index in [1.165, 1.54) is 7.11 Å². The molecule has 0 saturated carbocycles. The number of benzene rings is 1. The van der Waals surface area contributed by atoms with Gasteiger partial charge in [0.2, 0.25) is 0 Å². The number of hydrogen-bond donors (Lipinski definition) is 0. The van der Waals surface area contributed by atoms with Crippen molar-refractivity contribution < 1.29 is 18.3 Å². The minimum Gasteiger partial charge on any atom is -0.469 e. The first-order valence-electron chi connectivity index (χ1n) is 5.17. The van der Waals surface area contributed by atoms with Crippen molar-refractivity contribution in [3.63, 3.8) is 0 Å². The zero-order valence-corrected chi connectivity index (χ0v) is 8.93. The predicted molar refractivity (Wildman–Crippen MR) is 53.9 cm³/mol. The Hall–Kier alpha value is -1.45. The fourth-order valence-electron chi connectivity index (χ4n) is 2.13. The normalized spacial score (nSPS) is 19.1. The lowest BCUT2D eigenvalue weighted by molar-refractivity contribution is -0.145. The standard InChI is InChI=1S/C12H12F2O2/c1-16-12(15)8-3-2-7-4-5-10(13)11(14)9(7)6-8/h4-5,8H,2-3,6H2,1H3. The summed E-state index contributed by atoms with van der Waals surface area (Å²) in [7, 11) is 1.31. The molecular weight excluding hydrogens is 214 g/mol. The Morgan fingerprint density at radius 3 is 2.88 bits per heavy atom. The zero-order chi connectivity index (χ0) is 11.7. The third-order valence-electron chi connectivity index (χ3n) is 3.04. The van der Waals surface area contributed by atoms with E-state index in [2.05, 4.69) is 4.74 Å². The molecule has 2 nitrogen and oxygen atoms in total. The summed E-state index contributed by atoms with van der Waals surface area (Å²) in [5, 5.41) is 0. The third kappa shape index (κ3) is 1.79. The molecule has 0 aromatic heterocycles. The molecule has 1 aromatic rings. The van der Waals surface area contributed by atoms with Gasteiger partial charge in [0, 0.05) is 0 Å². The average molecular weight is 226 g/mol. The second-order valence-electron chi connectivity index (χ2n) is 3.96. The van der Waals surface area contributed by atoms with E-state index in [1.54, 1.807) is 6.07 Å². The average Bonchev–Trinajstić information content (AvgIpc) is 2.32. The molecule has 86 valence electrons. The van der Waals surface area contributed by atoms with Gasteiger partial charge in [-0.25, -0.2) is 8.78 Å². The van der Waals surface area contributed by atoms with E-state index in [-0.39, 0.29) is 18.3 Å². The number of methoxy groups -OCH3 is 1. The van der Waals surface area contributed by atoms with E-state index >= 15 is 0 Å². The van der Waals surface area contributed by atoms with Crippen molar-refractivity contribution in [1.82, 2.24) is 0 Å². The van der Waals surface area contributed by atoms with Crippen LogP contribution in [0.2, 0.25) is 0 Å².